The van der Waals surface area contributed by atoms with E-state index in [4.69, 9.17) is 23.2 Å². The van der Waals surface area contributed by atoms with Crippen LogP contribution >= 0.6 is 30.8 Å². The van der Waals surface area contributed by atoms with E-state index >= 15 is 0 Å². The topological polar surface area (TPSA) is 148 Å². The lowest BCUT2D eigenvalue weighted by Gasteiger charge is -2.32. The molecule has 34 heavy (non-hydrogen) atoms. The number of carbonyl (C=O) groups excluding carboxylic acids is 2. The van der Waals surface area contributed by atoms with Crippen molar-refractivity contribution in [1.29, 1.82) is 0 Å². The Morgan fingerprint density at radius 3 is 2.29 bits per heavy atom. The van der Waals surface area contributed by atoms with Gasteiger partial charge in [0.2, 0.25) is 0 Å². The van der Waals surface area contributed by atoms with Crippen LogP contribution in [0.4, 0.5) is 16.3 Å². The molecule has 0 aliphatic carbocycles. The maximum atomic E-state index is 13.1. The lowest BCUT2D eigenvalue weighted by Crippen LogP contribution is -2.43. The zero-order valence-corrected chi connectivity index (χ0v) is 20.4. The number of carbonyl (C=O) groups is 2. The van der Waals surface area contributed by atoms with Crippen LogP contribution in [0.5, 0.6) is 0 Å². The summed E-state index contributed by atoms with van der Waals surface area (Å²) in [4.78, 5) is 45.8. The second kappa shape index (κ2) is 8.72. The van der Waals surface area contributed by atoms with Gasteiger partial charge in [0.25, 0.3) is 5.91 Å². The fourth-order valence-corrected chi connectivity index (χ4v) is 4.75. The van der Waals surface area contributed by atoms with Crippen LogP contribution in [-0.2, 0) is 16.6 Å². The van der Waals surface area contributed by atoms with Crippen molar-refractivity contribution in [1.82, 2.24) is 15.1 Å². The lowest BCUT2D eigenvalue weighted by molar-refractivity contribution is 0.102. The molecule has 0 unspecified atom stereocenters. The first-order valence-corrected chi connectivity index (χ1v) is 12.3. The minimum absolute atomic E-state index is 0.152. The first kappa shape index (κ1) is 24.3. The van der Waals surface area contributed by atoms with E-state index in [9.17, 15) is 23.9 Å². The minimum Gasteiger partial charge on any atom is -0.321 e. The van der Waals surface area contributed by atoms with Gasteiger partial charge < -0.3 is 25.3 Å². The highest BCUT2D eigenvalue weighted by molar-refractivity contribution is 7.60. The van der Waals surface area contributed by atoms with E-state index in [0.29, 0.717) is 27.0 Å². The summed E-state index contributed by atoms with van der Waals surface area (Å²) in [6.45, 7) is 3.81. The highest BCUT2D eigenvalue weighted by Crippen LogP contribution is 2.41. The quantitative estimate of drug-likeness (QED) is 0.326. The van der Waals surface area contributed by atoms with Gasteiger partial charge in [0.05, 0.1) is 38.8 Å². The molecular weight excluding hydrogens is 504 g/mol. The maximum absolute atomic E-state index is 13.1. The third-order valence-electron chi connectivity index (χ3n) is 5.61. The zero-order chi connectivity index (χ0) is 24.8. The second-order valence-electron chi connectivity index (χ2n) is 8.14. The van der Waals surface area contributed by atoms with Gasteiger partial charge in [0.1, 0.15) is 0 Å². The van der Waals surface area contributed by atoms with Crippen molar-refractivity contribution < 1.29 is 23.9 Å². The number of fused-ring (bicyclic) bond motifs is 1. The van der Waals surface area contributed by atoms with Gasteiger partial charge in [-0.05, 0) is 50.2 Å². The fraction of sp³-hybridized carbons (Fsp3) is 0.190. The van der Waals surface area contributed by atoms with Crippen molar-refractivity contribution in [3.05, 3.63) is 69.3 Å². The number of anilines is 2. The number of nitrogens with zero attached hydrogens (tertiary/aromatic N) is 2. The largest absolute Gasteiger partial charge is 0.356 e. The second-order valence-corrected chi connectivity index (χ2v) is 10.6. The first-order valence-electron chi connectivity index (χ1n) is 9.97. The van der Waals surface area contributed by atoms with Crippen LogP contribution in [0.15, 0.2) is 42.5 Å². The number of para-hydroxylation sites is 1. The Kier molecular flexibility index (Phi) is 6.22. The number of benzene rings is 2. The van der Waals surface area contributed by atoms with E-state index in [1.807, 2.05) is 13.8 Å². The number of amides is 3. The summed E-state index contributed by atoms with van der Waals surface area (Å²) in [5.74, 6) is -0.270. The average Bonchev–Trinajstić information content (AvgIpc) is 3.28. The van der Waals surface area contributed by atoms with Gasteiger partial charge in [-0.25, -0.2) is 4.79 Å². The number of rotatable bonds is 4. The summed E-state index contributed by atoms with van der Waals surface area (Å²) in [6, 6.07) is 9.48. The molecule has 178 valence electrons. The van der Waals surface area contributed by atoms with Crippen molar-refractivity contribution in [2.45, 2.75) is 25.9 Å². The monoisotopic (exact) mass is 523 g/mol. The molecule has 1 aliphatic heterocycles. The van der Waals surface area contributed by atoms with Crippen LogP contribution in [0.25, 0.3) is 0 Å². The lowest BCUT2D eigenvalue weighted by atomic mass is 10.0. The van der Waals surface area contributed by atoms with Crippen LogP contribution in [0.1, 0.15) is 35.5 Å². The third-order valence-corrected chi connectivity index (χ3v) is 7.21. The molecule has 3 aromatic rings. The molecule has 0 saturated heterocycles. The Labute approximate surface area is 204 Å². The van der Waals surface area contributed by atoms with Crippen LogP contribution in [0.2, 0.25) is 10.0 Å². The number of urea groups is 1. The van der Waals surface area contributed by atoms with Gasteiger partial charge in [0.15, 0.2) is 5.82 Å². The summed E-state index contributed by atoms with van der Waals surface area (Å²) >= 11 is 12.3. The summed E-state index contributed by atoms with van der Waals surface area (Å²) in [5.41, 5.74) is 0.987. The van der Waals surface area contributed by atoms with Crippen molar-refractivity contribution in [2.24, 2.45) is 0 Å². The number of aromatic amines is 1. The maximum Gasteiger partial charge on any atom is 0.356 e. The normalized spacial score (nSPS) is 14.6. The fourth-order valence-electron chi connectivity index (χ4n) is 3.72. The zero-order valence-electron chi connectivity index (χ0n) is 18.0. The molecule has 0 radical (unpaired) electrons. The Morgan fingerprint density at radius 2 is 1.71 bits per heavy atom. The van der Waals surface area contributed by atoms with Crippen LogP contribution in [-0.4, -0.2) is 36.8 Å². The summed E-state index contributed by atoms with van der Waals surface area (Å²) in [6.07, 6.45) is 0. The predicted octanol–water partition coefficient (Wildman–Crippen LogP) is 4.05. The molecule has 0 saturated carbocycles. The van der Waals surface area contributed by atoms with Gasteiger partial charge in [-0.2, -0.15) is 5.10 Å². The molecule has 5 N–H and O–H groups in total. The highest BCUT2D eigenvalue weighted by atomic mass is 35.5. The van der Waals surface area contributed by atoms with E-state index < -0.39 is 25.1 Å². The van der Waals surface area contributed by atoms with Crippen LogP contribution < -0.4 is 15.9 Å². The van der Waals surface area contributed by atoms with Crippen LogP contribution in [0, 0.1) is 0 Å². The predicted molar refractivity (Wildman–Crippen MR) is 129 cm³/mol. The highest BCUT2D eigenvalue weighted by Gasteiger charge is 2.44. The van der Waals surface area contributed by atoms with Crippen molar-refractivity contribution in [2.75, 3.05) is 10.6 Å². The van der Waals surface area contributed by atoms with Gasteiger partial charge in [-0.3, -0.25) is 14.5 Å². The van der Waals surface area contributed by atoms with Crippen molar-refractivity contribution >= 4 is 59.5 Å². The van der Waals surface area contributed by atoms with E-state index in [1.54, 1.807) is 23.1 Å². The number of nitrogens with one attached hydrogen (secondary N) is 3. The molecule has 1 aliphatic rings. The number of aromatic nitrogens is 2. The van der Waals surface area contributed by atoms with E-state index in [2.05, 4.69) is 20.8 Å². The van der Waals surface area contributed by atoms with Crippen LogP contribution in [0.3, 0.4) is 0 Å². The number of halogens is 2. The molecule has 4 rings (SSSR count). The molecule has 3 amide bonds. The number of hydrogen-bond donors (Lipinski definition) is 5. The Bertz CT molecular complexity index is 1320. The molecule has 10 nitrogen and oxygen atoms in total. The molecule has 1 aromatic heterocycles. The average molecular weight is 524 g/mol. The molecule has 0 spiro atoms. The van der Waals surface area contributed by atoms with Gasteiger partial charge in [-0.15, -0.1) is 0 Å². The van der Waals surface area contributed by atoms with Gasteiger partial charge in [-0.1, -0.05) is 29.3 Å². The van der Waals surface area contributed by atoms with E-state index in [1.165, 1.54) is 24.3 Å². The molecule has 2 aromatic carbocycles. The molecule has 0 fully saturated rings. The summed E-state index contributed by atoms with van der Waals surface area (Å²) in [7, 11) is -4.41. The van der Waals surface area contributed by atoms with Crippen molar-refractivity contribution in [3.8, 4) is 0 Å². The summed E-state index contributed by atoms with van der Waals surface area (Å²) in [5, 5.41) is 12.9. The summed E-state index contributed by atoms with van der Waals surface area (Å²) < 4.78 is 11.3. The molecular formula is C21H20Cl2N5O5P. The molecule has 0 atom stereocenters. The smallest absolute Gasteiger partial charge is 0.321 e. The van der Waals surface area contributed by atoms with E-state index in [-0.39, 0.29) is 23.2 Å². The number of H-pyrrole nitrogens is 1. The number of hydrogen-bond acceptors (Lipinski definition) is 4. The van der Waals surface area contributed by atoms with Gasteiger partial charge >= 0.3 is 13.6 Å². The first-order chi connectivity index (χ1) is 15.9. The Morgan fingerprint density at radius 1 is 1.09 bits per heavy atom. The molecule has 2 heterocycles. The third kappa shape index (κ3) is 4.43. The van der Waals surface area contributed by atoms with Crippen molar-refractivity contribution in [3.63, 3.8) is 0 Å². The minimum atomic E-state index is -4.41. The Hall–Kier alpha value is -2.88. The van der Waals surface area contributed by atoms with Gasteiger partial charge in [0, 0.05) is 11.1 Å². The Balaban J connectivity index is 1.53. The SMILES string of the molecule is CC1(C)c2[nH]nc(NC(=O)c3ccc(P(=O)(O)O)cc3)c2CN1C(=O)Nc1c(Cl)cccc1Cl. The standard InChI is InChI=1S/C21H20Cl2N5O5P/c1-21(2)17-13(10-28(21)20(30)24-16-14(22)4-3-5-15(16)23)18(27-26-17)25-19(29)11-6-8-12(9-7-11)34(31,32)33/h3-9H,10H2,1-2H3,(H,24,30)(H2,31,32,33)(H2,25,26,27,29). The molecule has 13 heteroatoms. The molecule has 0 bridgehead atoms. The van der Waals surface area contributed by atoms with E-state index in [0.717, 1.165) is 0 Å².